The Morgan fingerprint density at radius 2 is 1.86 bits per heavy atom. The van der Waals surface area contributed by atoms with Crippen molar-refractivity contribution < 1.29 is 14.6 Å². The number of ether oxygens (including phenoxy) is 1. The second-order valence-electron chi connectivity index (χ2n) is 6.08. The number of phenols is 1. The summed E-state index contributed by atoms with van der Waals surface area (Å²) in [5, 5.41) is 10.8. The third-order valence-corrected chi connectivity index (χ3v) is 4.99. The molecule has 0 amide bonds. The fourth-order valence-corrected chi connectivity index (χ4v) is 3.91. The van der Waals surface area contributed by atoms with Crippen LogP contribution in [0.15, 0.2) is 11.1 Å². The van der Waals surface area contributed by atoms with Crippen molar-refractivity contribution in [2.24, 2.45) is 4.99 Å². The van der Waals surface area contributed by atoms with E-state index in [0.717, 1.165) is 73.8 Å². The van der Waals surface area contributed by atoms with Gasteiger partial charge in [0.25, 0.3) is 0 Å². The fourth-order valence-electron chi connectivity index (χ4n) is 3.91. The molecule has 0 unspecified atom stereocenters. The Hall–Kier alpha value is -1.80. The second kappa shape index (κ2) is 5.53. The van der Waals surface area contributed by atoms with E-state index in [-0.39, 0.29) is 0 Å². The quantitative estimate of drug-likeness (QED) is 0.685. The summed E-state index contributed by atoms with van der Waals surface area (Å²) in [6.07, 6.45) is 9.34. The molecule has 3 rings (SSSR count). The zero-order valence-electron chi connectivity index (χ0n) is 12.4. The topological polar surface area (TPSA) is 58.9 Å². The van der Waals surface area contributed by atoms with Gasteiger partial charge in [-0.3, -0.25) is 0 Å². The van der Waals surface area contributed by atoms with E-state index in [1.165, 1.54) is 0 Å². The molecule has 1 aromatic carbocycles. The summed E-state index contributed by atoms with van der Waals surface area (Å²) in [6, 6.07) is 1.89. The minimum atomic E-state index is -0.606. The molecule has 0 heterocycles. The lowest BCUT2D eigenvalue weighted by atomic mass is 9.81. The SMILES string of the molecule is COc1cc(C2(N=C=O)CCCC2)c(O)c2c1CCCC2. The number of aliphatic imine (C=N–C) groups is 1. The Bertz CT molecular complexity index is 597. The number of phenolic OH excluding ortho intramolecular Hbond substituents is 1. The molecular weight excluding hydrogens is 266 g/mol. The number of rotatable bonds is 3. The summed E-state index contributed by atoms with van der Waals surface area (Å²) >= 11 is 0. The van der Waals surface area contributed by atoms with Crippen LogP contribution in [0.4, 0.5) is 0 Å². The van der Waals surface area contributed by atoms with Gasteiger partial charge >= 0.3 is 0 Å². The summed E-state index contributed by atoms with van der Waals surface area (Å²) in [6.45, 7) is 0. The average molecular weight is 287 g/mol. The molecule has 0 bridgehead atoms. The van der Waals surface area contributed by atoms with E-state index < -0.39 is 5.54 Å². The molecule has 0 saturated heterocycles. The predicted octanol–water partition coefficient (Wildman–Crippen LogP) is 3.38. The van der Waals surface area contributed by atoms with Crippen LogP contribution in [0, 0.1) is 0 Å². The van der Waals surface area contributed by atoms with Gasteiger partial charge in [-0.2, -0.15) is 4.99 Å². The Morgan fingerprint density at radius 1 is 1.19 bits per heavy atom. The molecule has 0 atom stereocenters. The highest BCUT2D eigenvalue weighted by molar-refractivity contribution is 5.57. The maximum atomic E-state index is 10.9. The number of methoxy groups -OCH3 is 1. The fraction of sp³-hybridized carbons (Fsp3) is 0.588. The van der Waals surface area contributed by atoms with Crippen molar-refractivity contribution in [1.82, 2.24) is 0 Å². The summed E-state index contributed by atoms with van der Waals surface area (Å²) in [5.41, 5.74) is 2.25. The van der Waals surface area contributed by atoms with Gasteiger partial charge in [0.1, 0.15) is 17.0 Å². The first-order chi connectivity index (χ1) is 10.2. The molecule has 0 spiro atoms. The minimum absolute atomic E-state index is 0.325. The molecule has 0 radical (unpaired) electrons. The monoisotopic (exact) mass is 287 g/mol. The number of hydrogen-bond acceptors (Lipinski definition) is 4. The molecule has 4 heteroatoms. The lowest BCUT2D eigenvalue weighted by molar-refractivity contribution is 0.379. The molecule has 2 aliphatic carbocycles. The van der Waals surface area contributed by atoms with Crippen LogP contribution in [-0.2, 0) is 23.2 Å². The normalized spacial score (nSPS) is 19.7. The van der Waals surface area contributed by atoms with Crippen molar-refractivity contribution in [1.29, 1.82) is 0 Å². The lowest BCUT2D eigenvalue weighted by Gasteiger charge is -2.28. The van der Waals surface area contributed by atoms with E-state index in [1.807, 2.05) is 6.07 Å². The Balaban J connectivity index is 2.20. The van der Waals surface area contributed by atoms with Crippen LogP contribution in [0.2, 0.25) is 0 Å². The highest BCUT2D eigenvalue weighted by Gasteiger charge is 2.39. The first kappa shape index (κ1) is 14.2. The van der Waals surface area contributed by atoms with Crippen molar-refractivity contribution in [3.63, 3.8) is 0 Å². The minimum Gasteiger partial charge on any atom is -0.507 e. The van der Waals surface area contributed by atoms with Gasteiger partial charge in [-0.05, 0) is 44.6 Å². The maximum Gasteiger partial charge on any atom is 0.235 e. The van der Waals surface area contributed by atoms with Crippen LogP contribution < -0.4 is 4.74 Å². The van der Waals surface area contributed by atoms with E-state index in [2.05, 4.69) is 4.99 Å². The Kier molecular flexibility index (Phi) is 3.73. The van der Waals surface area contributed by atoms with Gasteiger partial charge in [-0.15, -0.1) is 0 Å². The van der Waals surface area contributed by atoms with Crippen LogP contribution in [0.3, 0.4) is 0 Å². The molecule has 0 aromatic heterocycles. The molecule has 21 heavy (non-hydrogen) atoms. The summed E-state index contributed by atoms with van der Waals surface area (Å²) in [7, 11) is 1.66. The molecule has 1 N–H and O–H groups in total. The zero-order valence-corrected chi connectivity index (χ0v) is 12.4. The smallest absolute Gasteiger partial charge is 0.235 e. The van der Waals surface area contributed by atoms with E-state index in [1.54, 1.807) is 13.2 Å². The van der Waals surface area contributed by atoms with Gasteiger partial charge in [0.05, 0.1) is 7.11 Å². The van der Waals surface area contributed by atoms with Crippen LogP contribution in [-0.4, -0.2) is 18.3 Å². The number of aromatic hydroxyl groups is 1. The Labute approximate surface area is 124 Å². The molecule has 1 aromatic rings. The van der Waals surface area contributed by atoms with E-state index in [4.69, 9.17) is 4.74 Å². The summed E-state index contributed by atoms with van der Waals surface area (Å²) in [4.78, 5) is 15.0. The number of fused-ring (bicyclic) bond motifs is 1. The molecule has 0 aliphatic heterocycles. The summed E-state index contributed by atoms with van der Waals surface area (Å²) in [5.74, 6) is 1.15. The van der Waals surface area contributed by atoms with Gasteiger partial charge in [-0.25, -0.2) is 4.79 Å². The predicted molar refractivity (Wildman–Crippen MR) is 79.6 cm³/mol. The molecule has 1 saturated carbocycles. The molecule has 4 nitrogen and oxygen atoms in total. The molecule has 112 valence electrons. The van der Waals surface area contributed by atoms with Crippen LogP contribution in [0.1, 0.15) is 55.2 Å². The molecule has 2 aliphatic rings. The average Bonchev–Trinajstić information content (AvgIpc) is 2.98. The molecule has 1 fully saturated rings. The first-order valence-electron chi connectivity index (χ1n) is 7.73. The van der Waals surface area contributed by atoms with E-state index in [0.29, 0.717) is 5.75 Å². The molecular formula is C17H21NO3. The van der Waals surface area contributed by atoms with Crippen molar-refractivity contribution >= 4 is 6.08 Å². The highest BCUT2D eigenvalue weighted by Crippen LogP contribution is 2.49. The summed E-state index contributed by atoms with van der Waals surface area (Å²) < 4.78 is 5.54. The van der Waals surface area contributed by atoms with Crippen LogP contribution in [0.25, 0.3) is 0 Å². The van der Waals surface area contributed by atoms with E-state index >= 15 is 0 Å². The van der Waals surface area contributed by atoms with Crippen LogP contribution in [0.5, 0.6) is 11.5 Å². The zero-order chi connectivity index (χ0) is 14.9. The van der Waals surface area contributed by atoms with Crippen molar-refractivity contribution in [3.05, 3.63) is 22.8 Å². The number of benzene rings is 1. The number of isocyanates is 1. The lowest BCUT2D eigenvalue weighted by Crippen LogP contribution is -2.21. The van der Waals surface area contributed by atoms with Gasteiger partial charge in [0.15, 0.2) is 0 Å². The first-order valence-corrected chi connectivity index (χ1v) is 7.73. The maximum absolute atomic E-state index is 10.9. The van der Waals surface area contributed by atoms with Gasteiger partial charge in [0.2, 0.25) is 6.08 Å². The van der Waals surface area contributed by atoms with Crippen molar-refractivity contribution in [2.45, 2.75) is 56.9 Å². The number of nitrogens with zero attached hydrogens (tertiary/aromatic N) is 1. The third-order valence-electron chi connectivity index (χ3n) is 4.99. The third kappa shape index (κ3) is 2.24. The number of carbonyl (C=O) groups excluding carboxylic acids is 1. The standard InChI is InChI=1S/C17H21NO3/c1-21-15-10-14(17(18-11-19)8-4-5-9-17)16(20)13-7-3-2-6-12(13)15/h10,20H,2-9H2,1H3. The van der Waals surface area contributed by atoms with Gasteiger partial charge in [0, 0.05) is 16.7 Å². The second-order valence-corrected chi connectivity index (χ2v) is 6.08. The van der Waals surface area contributed by atoms with E-state index in [9.17, 15) is 9.90 Å². The largest absolute Gasteiger partial charge is 0.507 e. The highest BCUT2D eigenvalue weighted by atomic mass is 16.5. The van der Waals surface area contributed by atoms with Crippen LogP contribution >= 0.6 is 0 Å². The Morgan fingerprint density at radius 3 is 2.48 bits per heavy atom. The van der Waals surface area contributed by atoms with Crippen molar-refractivity contribution in [3.8, 4) is 11.5 Å². The van der Waals surface area contributed by atoms with Gasteiger partial charge < -0.3 is 9.84 Å². The van der Waals surface area contributed by atoms with Crippen molar-refractivity contribution in [2.75, 3.05) is 7.11 Å². The number of hydrogen-bond donors (Lipinski definition) is 1. The van der Waals surface area contributed by atoms with Gasteiger partial charge in [-0.1, -0.05) is 12.8 Å².